The maximum atomic E-state index is 6.03. The minimum absolute atomic E-state index is 0.702. The highest BCUT2D eigenvalue weighted by Crippen LogP contribution is 2.35. The monoisotopic (exact) mass is 237 g/mol. The van der Waals surface area contributed by atoms with Gasteiger partial charge >= 0.3 is 0 Å². The van der Waals surface area contributed by atoms with Gasteiger partial charge in [-0.15, -0.1) is 0 Å². The van der Waals surface area contributed by atoms with Gasteiger partial charge in [0.2, 0.25) is 0 Å². The first kappa shape index (κ1) is 11.9. The first-order chi connectivity index (χ1) is 7.79. The predicted octanol–water partition coefficient (Wildman–Crippen LogP) is 3.98. The van der Waals surface area contributed by atoms with Crippen molar-refractivity contribution in [2.24, 2.45) is 0 Å². The normalized spacial score (nSPS) is 24.9. The van der Waals surface area contributed by atoms with E-state index >= 15 is 0 Å². The van der Waals surface area contributed by atoms with Gasteiger partial charge in [-0.3, -0.25) is 0 Å². The van der Waals surface area contributed by atoms with Crippen molar-refractivity contribution in [1.82, 2.24) is 5.32 Å². The average molecular weight is 238 g/mol. The topological polar surface area (TPSA) is 12.0 Å². The van der Waals surface area contributed by atoms with Gasteiger partial charge in [-0.05, 0) is 55.8 Å². The predicted molar refractivity (Wildman–Crippen MR) is 70.1 cm³/mol. The molecule has 0 radical (unpaired) electrons. The zero-order chi connectivity index (χ0) is 11.4. The number of rotatable bonds is 4. The summed E-state index contributed by atoms with van der Waals surface area (Å²) < 4.78 is 0. The Hall–Kier alpha value is -0.530. The molecule has 0 bridgehead atoms. The zero-order valence-electron chi connectivity index (χ0n) is 9.88. The van der Waals surface area contributed by atoms with Crippen LogP contribution in [0.5, 0.6) is 0 Å². The van der Waals surface area contributed by atoms with Gasteiger partial charge in [0.15, 0.2) is 0 Å². The van der Waals surface area contributed by atoms with Crippen LogP contribution >= 0.6 is 11.6 Å². The molecule has 1 saturated carbocycles. The lowest BCUT2D eigenvalue weighted by Gasteiger charge is -2.13. The highest BCUT2D eigenvalue weighted by molar-refractivity contribution is 6.30. The molecule has 1 aromatic rings. The molecule has 1 nitrogen and oxygen atoms in total. The number of benzene rings is 1. The Labute approximate surface area is 103 Å². The molecule has 1 aliphatic rings. The van der Waals surface area contributed by atoms with Crippen LogP contribution in [0.25, 0.3) is 0 Å². The molecule has 1 fully saturated rings. The molecular formula is C14H20ClN. The van der Waals surface area contributed by atoms with E-state index in [1.807, 2.05) is 6.07 Å². The van der Waals surface area contributed by atoms with Crippen LogP contribution in [0, 0.1) is 0 Å². The molecule has 1 aliphatic carbocycles. The molecule has 0 amide bonds. The fourth-order valence-electron chi connectivity index (χ4n) is 2.58. The summed E-state index contributed by atoms with van der Waals surface area (Å²) in [6.07, 6.45) is 5.08. The van der Waals surface area contributed by atoms with E-state index in [0.717, 1.165) is 11.6 Å². The largest absolute Gasteiger partial charge is 0.314 e. The molecule has 2 rings (SSSR count). The van der Waals surface area contributed by atoms with Gasteiger partial charge in [-0.25, -0.2) is 0 Å². The summed E-state index contributed by atoms with van der Waals surface area (Å²) in [7, 11) is 0. The minimum atomic E-state index is 0.702. The van der Waals surface area contributed by atoms with Crippen molar-refractivity contribution in [2.75, 3.05) is 6.54 Å². The summed E-state index contributed by atoms with van der Waals surface area (Å²) >= 11 is 6.03. The lowest BCUT2D eigenvalue weighted by molar-refractivity contribution is 0.517. The third-order valence-electron chi connectivity index (χ3n) is 3.44. The molecule has 1 N–H and O–H groups in total. The summed E-state index contributed by atoms with van der Waals surface area (Å²) in [5.41, 5.74) is 1.41. The standard InChI is InChI=1S/C14H20ClN/c1-2-8-16-14-7-6-12(10-14)11-4-3-5-13(15)9-11/h3-5,9,12,14,16H,2,6-8,10H2,1H3. The molecule has 0 aromatic heterocycles. The number of halogens is 1. The highest BCUT2D eigenvalue weighted by atomic mass is 35.5. The molecule has 0 saturated heterocycles. The van der Waals surface area contributed by atoms with E-state index in [1.165, 1.54) is 31.2 Å². The molecule has 0 heterocycles. The summed E-state index contributed by atoms with van der Waals surface area (Å²) in [6, 6.07) is 9.05. The molecular weight excluding hydrogens is 218 g/mol. The van der Waals surface area contributed by atoms with Crippen LogP contribution in [-0.4, -0.2) is 12.6 Å². The van der Waals surface area contributed by atoms with E-state index < -0.39 is 0 Å². The van der Waals surface area contributed by atoms with E-state index in [-0.39, 0.29) is 0 Å². The van der Waals surface area contributed by atoms with Gasteiger partial charge < -0.3 is 5.32 Å². The van der Waals surface area contributed by atoms with Gasteiger partial charge in [0.1, 0.15) is 0 Å². The number of hydrogen-bond acceptors (Lipinski definition) is 1. The van der Waals surface area contributed by atoms with Crippen LogP contribution in [0.4, 0.5) is 0 Å². The number of nitrogens with one attached hydrogen (secondary N) is 1. The second-order valence-electron chi connectivity index (χ2n) is 4.72. The van der Waals surface area contributed by atoms with Crippen LogP contribution in [0.3, 0.4) is 0 Å². The summed E-state index contributed by atoms with van der Waals surface area (Å²) in [6.45, 7) is 3.36. The van der Waals surface area contributed by atoms with Gasteiger partial charge in [0.05, 0.1) is 0 Å². The van der Waals surface area contributed by atoms with Gasteiger partial charge in [-0.1, -0.05) is 30.7 Å². The Morgan fingerprint density at radius 1 is 1.38 bits per heavy atom. The SMILES string of the molecule is CCCNC1CCC(c2cccc(Cl)c2)C1. The van der Waals surface area contributed by atoms with E-state index in [4.69, 9.17) is 11.6 Å². The lowest BCUT2D eigenvalue weighted by Crippen LogP contribution is -2.26. The summed E-state index contributed by atoms with van der Waals surface area (Å²) in [4.78, 5) is 0. The maximum Gasteiger partial charge on any atom is 0.0408 e. The molecule has 1 aromatic carbocycles. The Morgan fingerprint density at radius 3 is 3.00 bits per heavy atom. The quantitative estimate of drug-likeness (QED) is 0.836. The van der Waals surface area contributed by atoms with Crippen molar-refractivity contribution >= 4 is 11.6 Å². The first-order valence-electron chi connectivity index (χ1n) is 6.28. The third kappa shape index (κ3) is 2.99. The van der Waals surface area contributed by atoms with Crippen molar-refractivity contribution in [3.8, 4) is 0 Å². The molecule has 2 heteroatoms. The van der Waals surface area contributed by atoms with Gasteiger partial charge in [0, 0.05) is 11.1 Å². The molecule has 88 valence electrons. The third-order valence-corrected chi connectivity index (χ3v) is 3.67. The summed E-state index contributed by atoms with van der Waals surface area (Å²) in [5.74, 6) is 0.702. The molecule has 2 unspecified atom stereocenters. The second-order valence-corrected chi connectivity index (χ2v) is 5.15. The molecule has 0 aliphatic heterocycles. The smallest absolute Gasteiger partial charge is 0.0408 e. The van der Waals surface area contributed by atoms with Crippen LogP contribution in [0.1, 0.15) is 44.1 Å². The van der Waals surface area contributed by atoms with Crippen LogP contribution in [-0.2, 0) is 0 Å². The zero-order valence-corrected chi connectivity index (χ0v) is 10.6. The number of hydrogen-bond donors (Lipinski definition) is 1. The van der Waals surface area contributed by atoms with Crippen LogP contribution < -0.4 is 5.32 Å². The van der Waals surface area contributed by atoms with E-state index in [0.29, 0.717) is 12.0 Å². The van der Waals surface area contributed by atoms with Crippen molar-refractivity contribution in [2.45, 2.75) is 44.6 Å². The summed E-state index contributed by atoms with van der Waals surface area (Å²) in [5, 5.41) is 4.48. The maximum absolute atomic E-state index is 6.03. The van der Waals surface area contributed by atoms with Crippen molar-refractivity contribution in [3.63, 3.8) is 0 Å². The Balaban J connectivity index is 1.93. The van der Waals surface area contributed by atoms with Crippen LogP contribution in [0.15, 0.2) is 24.3 Å². The average Bonchev–Trinajstić information content (AvgIpc) is 2.75. The highest BCUT2D eigenvalue weighted by Gasteiger charge is 2.25. The fourth-order valence-corrected chi connectivity index (χ4v) is 2.78. The van der Waals surface area contributed by atoms with E-state index in [9.17, 15) is 0 Å². The lowest BCUT2D eigenvalue weighted by atomic mass is 9.97. The van der Waals surface area contributed by atoms with Gasteiger partial charge in [0.25, 0.3) is 0 Å². The fraction of sp³-hybridized carbons (Fsp3) is 0.571. The van der Waals surface area contributed by atoms with Gasteiger partial charge in [-0.2, -0.15) is 0 Å². The molecule has 16 heavy (non-hydrogen) atoms. The Kier molecular flexibility index (Phi) is 4.25. The second kappa shape index (κ2) is 5.70. The molecule has 0 spiro atoms. The Morgan fingerprint density at radius 2 is 2.25 bits per heavy atom. The first-order valence-corrected chi connectivity index (χ1v) is 6.66. The van der Waals surface area contributed by atoms with Crippen molar-refractivity contribution in [3.05, 3.63) is 34.9 Å². The van der Waals surface area contributed by atoms with Crippen molar-refractivity contribution in [1.29, 1.82) is 0 Å². The van der Waals surface area contributed by atoms with E-state index in [2.05, 4.69) is 30.4 Å². The Bertz CT molecular complexity index is 337. The minimum Gasteiger partial charge on any atom is -0.314 e. The van der Waals surface area contributed by atoms with Crippen molar-refractivity contribution < 1.29 is 0 Å². The molecule has 2 atom stereocenters. The van der Waals surface area contributed by atoms with E-state index in [1.54, 1.807) is 0 Å². The van der Waals surface area contributed by atoms with Crippen LogP contribution in [0.2, 0.25) is 5.02 Å².